The van der Waals surface area contributed by atoms with E-state index in [0.717, 1.165) is 31.7 Å². The third-order valence-electron chi connectivity index (χ3n) is 4.20. The van der Waals surface area contributed by atoms with Crippen LogP contribution < -0.4 is 10.1 Å². The molecule has 0 radical (unpaired) electrons. The maximum absolute atomic E-state index is 12.3. The fraction of sp³-hybridized carbons (Fsp3) is 0.529. The summed E-state index contributed by atoms with van der Waals surface area (Å²) >= 11 is 0. The topological polar surface area (TPSA) is 61.9 Å². The molecule has 1 N–H and O–H groups in total. The predicted molar refractivity (Wildman–Crippen MR) is 89.5 cm³/mol. The predicted octanol–water partition coefficient (Wildman–Crippen LogP) is 1.58. The van der Waals surface area contributed by atoms with Gasteiger partial charge in [0, 0.05) is 18.8 Å². The van der Waals surface area contributed by atoms with Crippen molar-refractivity contribution < 1.29 is 14.3 Å². The Kier molecular flexibility index (Phi) is 5.98. The van der Waals surface area contributed by atoms with Crippen LogP contribution in [0.4, 0.5) is 5.69 Å². The fourth-order valence-corrected chi connectivity index (χ4v) is 2.63. The zero-order valence-corrected chi connectivity index (χ0v) is 14.0. The average Bonchev–Trinajstić information content (AvgIpc) is 3.08. The molecule has 0 spiro atoms. The third kappa shape index (κ3) is 4.69. The van der Waals surface area contributed by atoms with Crippen molar-refractivity contribution in [3.63, 3.8) is 0 Å². The second-order valence-electron chi connectivity index (χ2n) is 5.90. The Morgan fingerprint density at radius 1 is 1.26 bits per heavy atom. The van der Waals surface area contributed by atoms with Crippen LogP contribution in [0.3, 0.4) is 0 Å². The molecule has 0 aliphatic carbocycles. The molecule has 6 nitrogen and oxygen atoms in total. The van der Waals surface area contributed by atoms with Gasteiger partial charge in [-0.2, -0.15) is 0 Å². The van der Waals surface area contributed by atoms with E-state index in [0.29, 0.717) is 5.69 Å². The Balaban J connectivity index is 1.84. The van der Waals surface area contributed by atoms with Crippen molar-refractivity contribution in [2.45, 2.75) is 25.8 Å². The van der Waals surface area contributed by atoms with E-state index in [-0.39, 0.29) is 24.4 Å². The van der Waals surface area contributed by atoms with E-state index < -0.39 is 0 Å². The van der Waals surface area contributed by atoms with Crippen molar-refractivity contribution in [3.8, 4) is 5.75 Å². The van der Waals surface area contributed by atoms with Crippen LogP contribution in [0.1, 0.15) is 19.8 Å². The van der Waals surface area contributed by atoms with Crippen LogP contribution in [0, 0.1) is 0 Å². The zero-order valence-electron chi connectivity index (χ0n) is 14.0. The fourth-order valence-electron chi connectivity index (χ4n) is 2.63. The second kappa shape index (κ2) is 7.97. The quantitative estimate of drug-likeness (QED) is 0.865. The number of carbonyl (C=O) groups excluding carboxylic acids is 2. The number of amides is 2. The number of rotatable bonds is 6. The van der Waals surface area contributed by atoms with Crippen LogP contribution in [0.25, 0.3) is 0 Å². The van der Waals surface area contributed by atoms with Gasteiger partial charge in [0.2, 0.25) is 11.8 Å². The SMILES string of the molecule is COc1ccc(NC(=O)CN(C)[C@H](C)C(=O)N2CCCC2)cc1. The molecule has 1 aliphatic heterocycles. The molecule has 1 aliphatic rings. The Morgan fingerprint density at radius 2 is 1.87 bits per heavy atom. The van der Waals surface area contributed by atoms with Crippen LogP contribution in [0.5, 0.6) is 5.75 Å². The number of hydrogen-bond donors (Lipinski definition) is 1. The number of likely N-dealkylation sites (N-methyl/N-ethyl adjacent to an activating group) is 1. The summed E-state index contributed by atoms with van der Waals surface area (Å²) in [4.78, 5) is 28.1. The monoisotopic (exact) mass is 319 g/mol. The first-order chi connectivity index (χ1) is 11.0. The van der Waals surface area contributed by atoms with E-state index in [1.807, 2.05) is 11.8 Å². The zero-order chi connectivity index (χ0) is 16.8. The normalized spacial score (nSPS) is 15.6. The highest BCUT2D eigenvalue weighted by atomic mass is 16.5. The van der Waals surface area contributed by atoms with Crippen molar-refractivity contribution in [2.75, 3.05) is 39.1 Å². The van der Waals surface area contributed by atoms with Gasteiger partial charge in [-0.15, -0.1) is 0 Å². The van der Waals surface area contributed by atoms with Gasteiger partial charge in [-0.25, -0.2) is 0 Å². The van der Waals surface area contributed by atoms with Crippen molar-refractivity contribution in [1.29, 1.82) is 0 Å². The maximum atomic E-state index is 12.3. The summed E-state index contributed by atoms with van der Waals surface area (Å²) in [6, 6.07) is 6.86. The van der Waals surface area contributed by atoms with Gasteiger partial charge in [0.05, 0.1) is 19.7 Å². The lowest BCUT2D eigenvalue weighted by Crippen LogP contribution is -2.46. The molecule has 1 heterocycles. The van der Waals surface area contributed by atoms with Gasteiger partial charge in [0.15, 0.2) is 0 Å². The number of hydrogen-bond acceptors (Lipinski definition) is 4. The average molecular weight is 319 g/mol. The number of methoxy groups -OCH3 is 1. The molecule has 2 rings (SSSR count). The van der Waals surface area contributed by atoms with Crippen LogP contribution in [-0.4, -0.2) is 61.4 Å². The lowest BCUT2D eigenvalue weighted by atomic mass is 10.2. The minimum Gasteiger partial charge on any atom is -0.497 e. The van der Waals surface area contributed by atoms with E-state index in [4.69, 9.17) is 4.74 Å². The molecule has 6 heteroatoms. The van der Waals surface area contributed by atoms with E-state index in [2.05, 4.69) is 5.32 Å². The van der Waals surface area contributed by atoms with E-state index in [9.17, 15) is 9.59 Å². The summed E-state index contributed by atoms with van der Waals surface area (Å²) in [5, 5.41) is 2.83. The van der Waals surface area contributed by atoms with Crippen LogP contribution in [-0.2, 0) is 9.59 Å². The molecule has 0 bridgehead atoms. The highest BCUT2D eigenvalue weighted by molar-refractivity contribution is 5.92. The second-order valence-corrected chi connectivity index (χ2v) is 5.90. The first-order valence-corrected chi connectivity index (χ1v) is 7.94. The Morgan fingerprint density at radius 3 is 2.43 bits per heavy atom. The van der Waals surface area contributed by atoms with Crippen molar-refractivity contribution >= 4 is 17.5 Å². The molecule has 1 saturated heterocycles. The maximum Gasteiger partial charge on any atom is 0.239 e. The molecule has 1 aromatic rings. The first kappa shape index (κ1) is 17.3. The number of anilines is 1. The van der Waals surface area contributed by atoms with Crippen molar-refractivity contribution in [3.05, 3.63) is 24.3 Å². The number of nitrogens with zero attached hydrogens (tertiary/aromatic N) is 2. The summed E-state index contributed by atoms with van der Waals surface area (Å²) in [7, 11) is 3.40. The first-order valence-electron chi connectivity index (χ1n) is 7.94. The molecule has 1 atom stereocenters. The molecule has 0 aromatic heterocycles. The van der Waals surface area contributed by atoms with Gasteiger partial charge in [0.25, 0.3) is 0 Å². The standard InChI is InChI=1S/C17H25N3O3/c1-13(17(22)20-10-4-5-11-20)19(2)12-16(21)18-14-6-8-15(23-3)9-7-14/h6-9,13H,4-5,10-12H2,1-3H3,(H,18,21)/t13-/m1/s1. The molecular formula is C17H25N3O3. The minimum absolute atomic E-state index is 0.0993. The van der Waals surface area contributed by atoms with E-state index in [1.165, 1.54) is 0 Å². The third-order valence-corrected chi connectivity index (χ3v) is 4.20. The number of benzene rings is 1. The minimum atomic E-state index is -0.297. The van der Waals surface area contributed by atoms with Crippen LogP contribution in [0.2, 0.25) is 0 Å². The summed E-state index contributed by atoms with van der Waals surface area (Å²) in [6.07, 6.45) is 2.14. The largest absolute Gasteiger partial charge is 0.497 e. The molecule has 23 heavy (non-hydrogen) atoms. The van der Waals surface area contributed by atoms with E-state index >= 15 is 0 Å². The van der Waals surface area contributed by atoms with Crippen molar-refractivity contribution in [1.82, 2.24) is 9.80 Å². The van der Waals surface area contributed by atoms with Gasteiger partial charge in [-0.05, 0) is 51.1 Å². The van der Waals surface area contributed by atoms with Crippen LogP contribution >= 0.6 is 0 Å². The number of likely N-dealkylation sites (tertiary alicyclic amines) is 1. The lowest BCUT2D eigenvalue weighted by molar-refractivity contribution is -0.135. The molecule has 1 aromatic carbocycles. The molecule has 1 fully saturated rings. The molecular weight excluding hydrogens is 294 g/mol. The molecule has 126 valence electrons. The summed E-state index contributed by atoms with van der Waals surface area (Å²) in [5.74, 6) is 0.700. The molecule has 0 unspecified atom stereocenters. The van der Waals surface area contributed by atoms with Crippen LogP contribution in [0.15, 0.2) is 24.3 Å². The highest BCUT2D eigenvalue weighted by Crippen LogP contribution is 2.15. The summed E-state index contributed by atoms with van der Waals surface area (Å²) in [5.41, 5.74) is 0.711. The number of carbonyl (C=O) groups is 2. The van der Waals surface area contributed by atoms with Gasteiger partial charge >= 0.3 is 0 Å². The Labute approximate surface area is 137 Å². The Bertz CT molecular complexity index is 539. The van der Waals surface area contributed by atoms with Gasteiger partial charge < -0.3 is 15.0 Å². The number of nitrogens with one attached hydrogen (secondary N) is 1. The molecule has 0 saturated carbocycles. The summed E-state index contributed by atoms with van der Waals surface area (Å²) in [6.45, 7) is 3.68. The molecule has 2 amide bonds. The highest BCUT2D eigenvalue weighted by Gasteiger charge is 2.26. The summed E-state index contributed by atoms with van der Waals surface area (Å²) < 4.78 is 5.08. The van der Waals surface area contributed by atoms with Gasteiger partial charge in [-0.3, -0.25) is 14.5 Å². The van der Waals surface area contributed by atoms with Gasteiger partial charge in [0.1, 0.15) is 5.75 Å². The number of ether oxygens (including phenoxy) is 1. The smallest absolute Gasteiger partial charge is 0.239 e. The van der Waals surface area contributed by atoms with E-state index in [1.54, 1.807) is 43.3 Å². The lowest BCUT2D eigenvalue weighted by Gasteiger charge is -2.27. The Hall–Kier alpha value is -2.08. The van der Waals surface area contributed by atoms with Gasteiger partial charge in [-0.1, -0.05) is 0 Å². The van der Waals surface area contributed by atoms with Crippen molar-refractivity contribution in [2.24, 2.45) is 0 Å².